The van der Waals surface area contributed by atoms with Crippen LogP contribution < -0.4 is 0 Å². The molecule has 2 aliphatic rings. The van der Waals surface area contributed by atoms with Crippen LogP contribution in [0.5, 0.6) is 0 Å². The molecule has 0 aromatic rings. The summed E-state index contributed by atoms with van der Waals surface area (Å²) in [6.07, 6.45) is 8.84. The molecule has 2 unspecified atom stereocenters. The van der Waals surface area contributed by atoms with Crippen molar-refractivity contribution in [2.24, 2.45) is 5.92 Å². The van der Waals surface area contributed by atoms with Gasteiger partial charge in [-0.2, -0.15) is 0 Å². The average molecular weight is 211 g/mol. The SMILES string of the molecule is CCN(CC1CC1)C1CCCCCC1O. The van der Waals surface area contributed by atoms with E-state index in [1.165, 1.54) is 45.1 Å². The van der Waals surface area contributed by atoms with Crippen LogP contribution in [0.15, 0.2) is 0 Å². The lowest BCUT2D eigenvalue weighted by Crippen LogP contribution is -2.44. The summed E-state index contributed by atoms with van der Waals surface area (Å²) in [6, 6.07) is 0.457. The molecule has 1 N–H and O–H groups in total. The Morgan fingerprint density at radius 2 is 1.80 bits per heavy atom. The van der Waals surface area contributed by atoms with Gasteiger partial charge in [0.1, 0.15) is 0 Å². The van der Waals surface area contributed by atoms with Crippen molar-refractivity contribution in [3.05, 3.63) is 0 Å². The van der Waals surface area contributed by atoms with Gasteiger partial charge in [0.05, 0.1) is 6.10 Å². The smallest absolute Gasteiger partial charge is 0.0695 e. The van der Waals surface area contributed by atoms with Crippen molar-refractivity contribution in [1.82, 2.24) is 4.90 Å². The Balaban J connectivity index is 1.90. The van der Waals surface area contributed by atoms with Crippen LogP contribution >= 0.6 is 0 Å². The Hall–Kier alpha value is -0.0800. The summed E-state index contributed by atoms with van der Waals surface area (Å²) in [6.45, 7) is 4.58. The number of hydrogen-bond donors (Lipinski definition) is 1. The van der Waals surface area contributed by atoms with E-state index in [4.69, 9.17) is 0 Å². The first kappa shape index (κ1) is 11.4. The highest BCUT2D eigenvalue weighted by atomic mass is 16.3. The van der Waals surface area contributed by atoms with E-state index in [0.29, 0.717) is 6.04 Å². The molecule has 15 heavy (non-hydrogen) atoms. The molecule has 2 nitrogen and oxygen atoms in total. The van der Waals surface area contributed by atoms with Gasteiger partial charge in [0.25, 0.3) is 0 Å². The largest absolute Gasteiger partial charge is 0.391 e. The van der Waals surface area contributed by atoms with Crippen molar-refractivity contribution in [2.75, 3.05) is 13.1 Å². The molecule has 88 valence electrons. The summed E-state index contributed by atoms with van der Waals surface area (Å²) in [5.41, 5.74) is 0. The number of hydrogen-bond acceptors (Lipinski definition) is 2. The minimum absolute atomic E-state index is 0.0637. The number of aliphatic hydroxyl groups excluding tert-OH is 1. The van der Waals surface area contributed by atoms with Gasteiger partial charge in [0.15, 0.2) is 0 Å². The second-order valence-electron chi connectivity index (χ2n) is 5.30. The second-order valence-corrected chi connectivity index (χ2v) is 5.30. The van der Waals surface area contributed by atoms with Crippen LogP contribution in [0.2, 0.25) is 0 Å². The zero-order valence-corrected chi connectivity index (χ0v) is 9.99. The van der Waals surface area contributed by atoms with Gasteiger partial charge in [0, 0.05) is 12.6 Å². The summed E-state index contributed by atoms with van der Waals surface area (Å²) < 4.78 is 0. The molecule has 0 saturated heterocycles. The van der Waals surface area contributed by atoms with Crippen molar-refractivity contribution in [2.45, 2.75) is 64.0 Å². The highest BCUT2D eigenvalue weighted by Gasteiger charge is 2.31. The summed E-state index contributed by atoms with van der Waals surface area (Å²) in [4.78, 5) is 2.54. The van der Waals surface area contributed by atoms with Crippen LogP contribution in [-0.2, 0) is 0 Å². The van der Waals surface area contributed by atoms with Gasteiger partial charge in [-0.3, -0.25) is 4.90 Å². The third kappa shape index (κ3) is 3.18. The summed E-state index contributed by atoms with van der Waals surface area (Å²) in [7, 11) is 0. The summed E-state index contributed by atoms with van der Waals surface area (Å²) >= 11 is 0. The lowest BCUT2D eigenvalue weighted by molar-refractivity contribution is 0.0442. The van der Waals surface area contributed by atoms with Gasteiger partial charge >= 0.3 is 0 Å². The quantitative estimate of drug-likeness (QED) is 0.722. The topological polar surface area (TPSA) is 23.5 Å². The third-order valence-electron chi connectivity index (χ3n) is 4.01. The van der Waals surface area contributed by atoms with E-state index in [1.54, 1.807) is 0 Å². The fourth-order valence-corrected chi connectivity index (χ4v) is 2.83. The first-order valence-corrected chi connectivity index (χ1v) is 6.73. The first-order valence-electron chi connectivity index (χ1n) is 6.73. The van der Waals surface area contributed by atoms with Gasteiger partial charge in [-0.1, -0.05) is 26.2 Å². The Kier molecular flexibility index (Phi) is 4.04. The number of likely N-dealkylation sites (N-methyl/N-ethyl adjacent to an activating group) is 1. The Morgan fingerprint density at radius 1 is 1.07 bits per heavy atom. The summed E-state index contributed by atoms with van der Waals surface area (Å²) in [5.74, 6) is 0.945. The van der Waals surface area contributed by atoms with E-state index in [9.17, 15) is 5.11 Å². The number of nitrogens with zero attached hydrogens (tertiary/aromatic N) is 1. The molecule has 2 fully saturated rings. The van der Waals surface area contributed by atoms with Crippen LogP contribution in [0.3, 0.4) is 0 Å². The number of aliphatic hydroxyl groups is 1. The maximum absolute atomic E-state index is 10.1. The van der Waals surface area contributed by atoms with Crippen LogP contribution in [0.4, 0.5) is 0 Å². The minimum Gasteiger partial charge on any atom is -0.391 e. The van der Waals surface area contributed by atoms with Gasteiger partial charge < -0.3 is 5.11 Å². The molecular weight excluding hydrogens is 186 g/mol. The molecule has 0 amide bonds. The molecule has 2 heteroatoms. The molecule has 0 aromatic carbocycles. The second kappa shape index (κ2) is 5.31. The van der Waals surface area contributed by atoms with E-state index >= 15 is 0 Å². The Morgan fingerprint density at radius 3 is 2.47 bits per heavy atom. The van der Waals surface area contributed by atoms with Crippen LogP contribution in [-0.4, -0.2) is 35.2 Å². The van der Waals surface area contributed by atoms with Crippen LogP contribution in [0.25, 0.3) is 0 Å². The van der Waals surface area contributed by atoms with E-state index in [2.05, 4.69) is 11.8 Å². The molecule has 2 rings (SSSR count). The fraction of sp³-hybridized carbons (Fsp3) is 1.00. The van der Waals surface area contributed by atoms with Crippen molar-refractivity contribution < 1.29 is 5.11 Å². The predicted molar refractivity (Wildman–Crippen MR) is 62.9 cm³/mol. The van der Waals surface area contributed by atoms with Gasteiger partial charge in [-0.05, 0) is 38.1 Å². The first-order chi connectivity index (χ1) is 7.31. The van der Waals surface area contributed by atoms with Crippen molar-refractivity contribution in [1.29, 1.82) is 0 Å². The predicted octanol–water partition coefficient (Wildman–Crippen LogP) is 2.41. The van der Waals surface area contributed by atoms with Gasteiger partial charge in [0.2, 0.25) is 0 Å². The molecule has 0 aromatic heterocycles. The maximum Gasteiger partial charge on any atom is 0.0695 e. The van der Waals surface area contributed by atoms with Crippen molar-refractivity contribution in [3.8, 4) is 0 Å². The lowest BCUT2D eigenvalue weighted by atomic mass is 10.0. The molecule has 0 aliphatic heterocycles. The zero-order valence-electron chi connectivity index (χ0n) is 9.99. The van der Waals surface area contributed by atoms with Gasteiger partial charge in [-0.15, -0.1) is 0 Å². The summed E-state index contributed by atoms with van der Waals surface area (Å²) in [5, 5.41) is 10.1. The highest BCUT2D eigenvalue weighted by molar-refractivity contribution is 4.85. The van der Waals surface area contributed by atoms with Crippen LogP contribution in [0, 0.1) is 5.92 Å². The Labute approximate surface area is 93.7 Å². The molecular formula is C13H25NO. The monoisotopic (exact) mass is 211 g/mol. The minimum atomic E-state index is -0.0637. The van der Waals surface area contributed by atoms with Crippen molar-refractivity contribution in [3.63, 3.8) is 0 Å². The third-order valence-corrected chi connectivity index (χ3v) is 4.01. The molecule has 0 heterocycles. The van der Waals surface area contributed by atoms with Crippen LogP contribution in [0.1, 0.15) is 51.9 Å². The Bertz CT molecular complexity index is 191. The van der Waals surface area contributed by atoms with Crippen molar-refractivity contribution >= 4 is 0 Å². The molecule has 2 aliphatic carbocycles. The van der Waals surface area contributed by atoms with E-state index in [1.807, 2.05) is 0 Å². The zero-order chi connectivity index (χ0) is 10.7. The fourth-order valence-electron chi connectivity index (χ4n) is 2.83. The highest BCUT2D eigenvalue weighted by Crippen LogP contribution is 2.32. The number of rotatable bonds is 4. The standard InChI is InChI=1S/C13H25NO/c1-2-14(10-11-8-9-11)12-6-4-3-5-7-13(12)15/h11-13,15H,2-10H2,1H3. The van der Waals surface area contributed by atoms with E-state index < -0.39 is 0 Å². The molecule has 0 radical (unpaired) electrons. The molecule has 0 bridgehead atoms. The maximum atomic E-state index is 10.1. The van der Waals surface area contributed by atoms with E-state index in [-0.39, 0.29) is 6.10 Å². The average Bonchev–Trinajstić information content (AvgIpc) is 3.03. The van der Waals surface area contributed by atoms with E-state index in [0.717, 1.165) is 18.9 Å². The molecule has 0 spiro atoms. The normalized spacial score (nSPS) is 33.0. The molecule has 2 saturated carbocycles. The van der Waals surface area contributed by atoms with Gasteiger partial charge in [-0.25, -0.2) is 0 Å². The lowest BCUT2D eigenvalue weighted by Gasteiger charge is -2.33. The molecule has 2 atom stereocenters.